The standard InChI is InChI=1S/C17H17B/c1-3-17(4-2)15-8-6-5-7-13(15)14-10-9-12(18)11-16(14)17/h5-11H,3-4H2,1-2H3. The van der Waals surface area contributed by atoms with E-state index in [4.69, 9.17) is 7.85 Å². The maximum absolute atomic E-state index is 6.00. The highest BCUT2D eigenvalue weighted by molar-refractivity contribution is 6.32. The minimum atomic E-state index is 0.154. The molecule has 0 N–H and O–H groups in total. The number of fused-ring (bicyclic) bond motifs is 3. The molecule has 0 amide bonds. The van der Waals surface area contributed by atoms with Gasteiger partial charge in [0.25, 0.3) is 0 Å². The Morgan fingerprint density at radius 3 is 2.28 bits per heavy atom. The van der Waals surface area contributed by atoms with Gasteiger partial charge in [0.1, 0.15) is 7.85 Å². The summed E-state index contributed by atoms with van der Waals surface area (Å²) in [6, 6.07) is 15.1. The molecule has 0 spiro atoms. The summed E-state index contributed by atoms with van der Waals surface area (Å²) in [5.41, 5.74) is 6.65. The molecule has 18 heavy (non-hydrogen) atoms. The van der Waals surface area contributed by atoms with Crippen molar-refractivity contribution in [2.24, 2.45) is 0 Å². The van der Waals surface area contributed by atoms with Crippen LogP contribution in [-0.2, 0) is 5.41 Å². The van der Waals surface area contributed by atoms with Crippen molar-refractivity contribution in [3.8, 4) is 11.1 Å². The van der Waals surface area contributed by atoms with Crippen LogP contribution in [0.25, 0.3) is 11.1 Å². The largest absolute Gasteiger partial charge is 0.113 e. The van der Waals surface area contributed by atoms with E-state index in [1.54, 1.807) is 0 Å². The first-order valence-electron chi connectivity index (χ1n) is 6.73. The lowest BCUT2D eigenvalue weighted by Crippen LogP contribution is -2.24. The van der Waals surface area contributed by atoms with Gasteiger partial charge in [0.15, 0.2) is 0 Å². The Morgan fingerprint density at radius 1 is 0.889 bits per heavy atom. The van der Waals surface area contributed by atoms with E-state index >= 15 is 0 Å². The van der Waals surface area contributed by atoms with Crippen molar-refractivity contribution in [2.75, 3.05) is 0 Å². The molecule has 0 saturated heterocycles. The van der Waals surface area contributed by atoms with Crippen LogP contribution in [0, 0.1) is 0 Å². The molecule has 0 heterocycles. The number of benzene rings is 2. The first-order chi connectivity index (χ1) is 8.73. The van der Waals surface area contributed by atoms with E-state index in [2.05, 4.69) is 50.2 Å². The van der Waals surface area contributed by atoms with Crippen molar-refractivity contribution in [3.05, 3.63) is 53.6 Å². The SMILES string of the molecule is [B]c1ccc2c(c1)C(CC)(CC)c1ccccc1-2. The minimum absolute atomic E-state index is 0.154. The summed E-state index contributed by atoms with van der Waals surface area (Å²) < 4.78 is 0. The topological polar surface area (TPSA) is 0 Å². The van der Waals surface area contributed by atoms with Crippen LogP contribution in [0.2, 0.25) is 0 Å². The van der Waals surface area contributed by atoms with Gasteiger partial charge in [-0.15, -0.1) is 0 Å². The van der Waals surface area contributed by atoms with Crippen LogP contribution < -0.4 is 5.46 Å². The van der Waals surface area contributed by atoms with Gasteiger partial charge in [-0.2, -0.15) is 0 Å². The van der Waals surface area contributed by atoms with Crippen LogP contribution in [-0.4, -0.2) is 7.85 Å². The third-order valence-corrected chi connectivity index (χ3v) is 4.50. The second-order valence-corrected chi connectivity index (χ2v) is 5.14. The number of hydrogen-bond acceptors (Lipinski definition) is 0. The van der Waals surface area contributed by atoms with Crippen LogP contribution in [0.3, 0.4) is 0 Å². The van der Waals surface area contributed by atoms with Crippen LogP contribution in [0.15, 0.2) is 42.5 Å². The van der Waals surface area contributed by atoms with Crippen molar-refractivity contribution in [1.29, 1.82) is 0 Å². The molecule has 0 atom stereocenters. The lowest BCUT2D eigenvalue weighted by Gasteiger charge is -2.29. The Balaban J connectivity index is 2.38. The molecule has 0 aromatic heterocycles. The molecule has 0 fully saturated rings. The highest BCUT2D eigenvalue weighted by Crippen LogP contribution is 2.51. The molecule has 1 aliphatic carbocycles. The third kappa shape index (κ3) is 1.34. The van der Waals surface area contributed by atoms with Crippen LogP contribution >= 0.6 is 0 Å². The van der Waals surface area contributed by atoms with E-state index in [0.717, 1.165) is 18.3 Å². The Hall–Kier alpha value is -1.50. The number of rotatable bonds is 2. The lowest BCUT2D eigenvalue weighted by atomic mass is 9.73. The highest BCUT2D eigenvalue weighted by Gasteiger charge is 2.39. The van der Waals surface area contributed by atoms with Gasteiger partial charge >= 0.3 is 0 Å². The van der Waals surface area contributed by atoms with Crippen molar-refractivity contribution in [3.63, 3.8) is 0 Å². The summed E-state index contributed by atoms with van der Waals surface area (Å²) in [5, 5.41) is 0. The van der Waals surface area contributed by atoms with Crippen molar-refractivity contribution >= 4 is 13.3 Å². The molecule has 3 rings (SSSR count). The van der Waals surface area contributed by atoms with Gasteiger partial charge in [0, 0.05) is 5.41 Å². The van der Waals surface area contributed by atoms with E-state index in [0.29, 0.717) is 0 Å². The highest BCUT2D eigenvalue weighted by atomic mass is 14.4. The normalized spacial score (nSPS) is 15.2. The van der Waals surface area contributed by atoms with Crippen molar-refractivity contribution in [1.82, 2.24) is 0 Å². The zero-order valence-corrected chi connectivity index (χ0v) is 11.0. The maximum Gasteiger partial charge on any atom is 0.113 e. The molecule has 1 heteroatoms. The Bertz CT molecular complexity index is 594. The predicted octanol–water partition coefficient (Wildman–Crippen LogP) is 3.57. The molecule has 2 aromatic rings. The molecule has 2 radical (unpaired) electrons. The molecule has 0 unspecified atom stereocenters. The average molecular weight is 232 g/mol. The first-order valence-corrected chi connectivity index (χ1v) is 6.73. The van der Waals surface area contributed by atoms with E-state index in [9.17, 15) is 0 Å². The fourth-order valence-electron chi connectivity index (χ4n) is 3.48. The number of hydrogen-bond donors (Lipinski definition) is 0. The van der Waals surface area contributed by atoms with Gasteiger partial charge in [-0.3, -0.25) is 0 Å². The summed E-state index contributed by atoms with van der Waals surface area (Å²) >= 11 is 0. The van der Waals surface area contributed by atoms with E-state index in [1.807, 2.05) is 6.07 Å². The monoisotopic (exact) mass is 232 g/mol. The van der Waals surface area contributed by atoms with E-state index in [-0.39, 0.29) is 5.41 Å². The average Bonchev–Trinajstić information content (AvgIpc) is 2.68. The second-order valence-electron chi connectivity index (χ2n) is 5.14. The van der Waals surface area contributed by atoms with Gasteiger partial charge in [-0.05, 0) is 35.1 Å². The molecular weight excluding hydrogens is 215 g/mol. The third-order valence-electron chi connectivity index (χ3n) is 4.50. The summed E-state index contributed by atoms with van der Waals surface area (Å²) in [4.78, 5) is 0. The van der Waals surface area contributed by atoms with Gasteiger partial charge in [0.05, 0.1) is 0 Å². The lowest BCUT2D eigenvalue weighted by molar-refractivity contribution is 0.491. The Kier molecular flexibility index (Phi) is 2.58. The van der Waals surface area contributed by atoms with Gasteiger partial charge in [-0.1, -0.05) is 61.8 Å². The Labute approximate surface area is 110 Å². The van der Waals surface area contributed by atoms with Gasteiger partial charge in [-0.25, -0.2) is 0 Å². The fourth-order valence-corrected chi connectivity index (χ4v) is 3.48. The van der Waals surface area contributed by atoms with Gasteiger partial charge < -0.3 is 0 Å². The fraction of sp³-hybridized carbons (Fsp3) is 0.294. The van der Waals surface area contributed by atoms with E-state index < -0.39 is 0 Å². The molecule has 1 aliphatic rings. The molecule has 0 nitrogen and oxygen atoms in total. The van der Waals surface area contributed by atoms with Crippen molar-refractivity contribution in [2.45, 2.75) is 32.1 Å². The van der Waals surface area contributed by atoms with Crippen LogP contribution in [0.5, 0.6) is 0 Å². The first kappa shape index (κ1) is 11.6. The Morgan fingerprint density at radius 2 is 1.56 bits per heavy atom. The smallest absolute Gasteiger partial charge is 0.0963 e. The van der Waals surface area contributed by atoms with Crippen LogP contribution in [0.1, 0.15) is 37.8 Å². The quantitative estimate of drug-likeness (QED) is 0.694. The molecule has 88 valence electrons. The van der Waals surface area contributed by atoms with Crippen molar-refractivity contribution < 1.29 is 0 Å². The zero-order chi connectivity index (χ0) is 12.8. The summed E-state index contributed by atoms with van der Waals surface area (Å²) in [6.45, 7) is 4.55. The molecule has 0 aliphatic heterocycles. The van der Waals surface area contributed by atoms with E-state index in [1.165, 1.54) is 22.3 Å². The molecule has 0 saturated carbocycles. The minimum Gasteiger partial charge on any atom is -0.0963 e. The zero-order valence-electron chi connectivity index (χ0n) is 11.0. The molecule has 2 aromatic carbocycles. The maximum atomic E-state index is 6.00. The predicted molar refractivity (Wildman–Crippen MR) is 78.6 cm³/mol. The second kappa shape index (κ2) is 4.01. The summed E-state index contributed by atoms with van der Waals surface area (Å²) in [6.07, 6.45) is 2.24. The molecular formula is C17H17B. The summed E-state index contributed by atoms with van der Waals surface area (Å²) in [5.74, 6) is 0. The summed E-state index contributed by atoms with van der Waals surface area (Å²) in [7, 11) is 6.00. The molecule has 0 bridgehead atoms. The van der Waals surface area contributed by atoms with Gasteiger partial charge in [0.2, 0.25) is 0 Å². The van der Waals surface area contributed by atoms with Crippen LogP contribution in [0.4, 0.5) is 0 Å².